The highest BCUT2D eigenvalue weighted by Crippen LogP contribution is 2.35. The Morgan fingerprint density at radius 1 is 1.44 bits per heavy atom. The number of hydrogen-bond acceptors (Lipinski definition) is 2. The van der Waals surface area contributed by atoms with Gasteiger partial charge in [0.05, 0.1) is 6.54 Å². The van der Waals surface area contributed by atoms with Crippen LogP contribution in [0.5, 0.6) is 0 Å². The summed E-state index contributed by atoms with van der Waals surface area (Å²) in [5.41, 5.74) is 4.99. The van der Waals surface area contributed by atoms with Crippen molar-refractivity contribution in [1.82, 2.24) is 0 Å². The molecule has 0 bridgehead atoms. The van der Waals surface area contributed by atoms with Gasteiger partial charge in [0.15, 0.2) is 0 Å². The van der Waals surface area contributed by atoms with E-state index in [1.165, 1.54) is 12.1 Å². The second-order valence-corrected chi connectivity index (χ2v) is 6.19. The van der Waals surface area contributed by atoms with Crippen molar-refractivity contribution in [1.29, 1.82) is 0 Å². The standard InChI is InChI=1S/C11H14BrF2NS/c1-7(2)16-10-4-3-8(5-9(10)12)11(13,14)6-15/h3-5,7H,6,15H2,1-2H3. The number of hydrogen-bond donors (Lipinski definition) is 1. The normalized spacial score (nSPS) is 12.2. The van der Waals surface area contributed by atoms with Gasteiger partial charge >= 0.3 is 0 Å². The Balaban J connectivity index is 2.99. The third-order valence-corrected chi connectivity index (χ3v) is 3.97. The van der Waals surface area contributed by atoms with E-state index in [-0.39, 0.29) is 5.56 Å². The van der Waals surface area contributed by atoms with Gasteiger partial charge in [0.25, 0.3) is 5.92 Å². The molecule has 0 aliphatic rings. The molecule has 0 saturated heterocycles. The lowest BCUT2D eigenvalue weighted by atomic mass is 10.1. The van der Waals surface area contributed by atoms with E-state index in [0.29, 0.717) is 9.72 Å². The molecule has 1 nitrogen and oxygen atoms in total. The Labute approximate surface area is 107 Å². The van der Waals surface area contributed by atoms with Gasteiger partial charge in [0.2, 0.25) is 0 Å². The molecule has 0 unspecified atom stereocenters. The maximum absolute atomic E-state index is 13.3. The quantitative estimate of drug-likeness (QED) is 0.851. The van der Waals surface area contributed by atoms with E-state index in [0.717, 1.165) is 4.90 Å². The first kappa shape index (κ1) is 13.9. The molecule has 0 fully saturated rings. The Hall–Kier alpha value is -0.130. The third kappa shape index (κ3) is 3.43. The molecule has 0 aliphatic heterocycles. The predicted octanol–water partition coefficient (Wildman–Crippen LogP) is 4.00. The first-order chi connectivity index (χ1) is 7.36. The van der Waals surface area contributed by atoms with Crippen LogP contribution in [-0.2, 0) is 5.92 Å². The number of nitrogens with two attached hydrogens (primary N) is 1. The summed E-state index contributed by atoms with van der Waals surface area (Å²) < 4.78 is 27.3. The van der Waals surface area contributed by atoms with E-state index in [1.807, 2.05) is 0 Å². The Bertz CT molecular complexity index is 369. The van der Waals surface area contributed by atoms with Crippen molar-refractivity contribution in [3.8, 4) is 0 Å². The molecular formula is C11H14BrF2NS. The summed E-state index contributed by atoms with van der Waals surface area (Å²) in [5, 5.41) is 0.414. The van der Waals surface area contributed by atoms with E-state index in [2.05, 4.69) is 29.8 Å². The van der Waals surface area contributed by atoms with E-state index in [1.54, 1.807) is 17.8 Å². The minimum Gasteiger partial charge on any atom is -0.325 e. The number of thioether (sulfide) groups is 1. The first-order valence-corrected chi connectivity index (χ1v) is 6.58. The van der Waals surface area contributed by atoms with Gasteiger partial charge < -0.3 is 5.73 Å². The van der Waals surface area contributed by atoms with Crippen LogP contribution in [-0.4, -0.2) is 11.8 Å². The largest absolute Gasteiger partial charge is 0.325 e. The molecule has 1 aromatic carbocycles. The zero-order valence-electron chi connectivity index (χ0n) is 9.14. The Morgan fingerprint density at radius 3 is 2.50 bits per heavy atom. The fourth-order valence-electron chi connectivity index (χ4n) is 1.20. The summed E-state index contributed by atoms with van der Waals surface area (Å²) in [6.45, 7) is 3.44. The fraction of sp³-hybridized carbons (Fsp3) is 0.455. The number of alkyl halides is 2. The molecule has 0 spiro atoms. The molecule has 1 rings (SSSR count). The summed E-state index contributed by atoms with van der Waals surface area (Å²) in [7, 11) is 0. The van der Waals surface area contributed by atoms with Gasteiger partial charge in [0, 0.05) is 20.2 Å². The summed E-state index contributed by atoms with van der Waals surface area (Å²) in [6.07, 6.45) is 0. The van der Waals surface area contributed by atoms with Crippen LogP contribution in [0.3, 0.4) is 0 Å². The van der Waals surface area contributed by atoms with E-state index < -0.39 is 12.5 Å². The Kier molecular flexibility index (Phi) is 4.76. The number of rotatable bonds is 4. The van der Waals surface area contributed by atoms with Crippen LogP contribution < -0.4 is 5.73 Å². The molecule has 0 amide bonds. The third-order valence-electron chi connectivity index (χ3n) is 1.97. The molecule has 1 aromatic rings. The van der Waals surface area contributed by atoms with Gasteiger partial charge in [-0.1, -0.05) is 19.9 Å². The van der Waals surface area contributed by atoms with Crippen LogP contribution in [0.25, 0.3) is 0 Å². The molecule has 0 saturated carbocycles. The predicted molar refractivity (Wildman–Crippen MR) is 68.1 cm³/mol. The SMILES string of the molecule is CC(C)Sc1ccc(C(F)(F)CN)cc1Br. The minimum atomic E-state index is -2.95. The topological polar surface area (TPSA) is 26.0 Å². The van der Waals surface area contributed by atoms with Gasteiger partial charge in [-0.15, -0.1) is 11.8 Å². The van der Waals surface area contributed by atoms with Crippen molar-refractivity contribution in [2.24, 2.45) is 5.73 Å². The van der Waals surface area contributed by atoms with Gasteiger partial charge in [0.1, 0.15) is 0 Å². The summed E-state index contributed by atoms with van der Waals surface area (Å²) in [6, 6.07) is 4.58. The lowest BCUT2D eigenvalue weighted by Gasteiger charge is -2.16. The van der Waals surface area contributed by atoms with Crippen molar-refractivity contribution in [2.45, 2.75) is 29.9 Å². The minimum absolute atomic E-state index is 0.0463. The molecule has 90 valence electrons. The van der Waals surface area contributed by atoms with Crippen molar-refractivity contribution in [3.63, 3.8) is 0 Å². The maximum atomic E-state index is 13.3. The monoisotopic (exact) mass is 309 g/mol. The van der Waals surface area contributed by atoms with E-state index >= 15 is 0 Å². The molecule has 0 heterocycles. The number of benzene rings is 1. The molecular weight excluding hydrogens is 296 g/mol. The average Bonchev–Trinajstić information content (AvgIpc) is 2.20. The van der Waals surface area contributed by atoms with Crippen LogP contribution in [0, 0.1) is 0 Å². The second kappa shape index (κ2) is 5.47. The molecule has 2 N–H and O–H groups in total. The van der Waals surface area contributed by atoms with Crippen LogP contribution >= 0.6 is 27.7 Å². The highest BCUT2D eigenvalue weighted by Gasteiger charge is 2.29. The van der Waals surface area contributed by atoms with E-state index in [9.17, 15) is 8.78 Å². The maximum Gasteiger partial charge on any atom is 0.285 e. The Morgan fingerprint density at radius 2 is 2.06 bits per heavy atom. The molecule has 0 atom stereocenters. The summed E-state index contributed by atoms with van der Waals surface area (Å²) >= 11 is 4.93. The van der Waals surface area contributed by atoms with Gasteiger partial charge in [-0.3, -0.25) is 0 Å². The molecule has 0 radical (unpaired) electrons. The lowest BCUT2D eigenvalue weighted by molar-refractivity contribution is 0.00584. The number of halogens is 3. The highest BCUT2D eigenvalue weighted by molar-refractivity contribution is 9.10. The van der Waals surface area contributed by atoms with Gasteiger partial charge in [-0.05, 0) is 28.1 Å². The van der Waals surface area contributed by atoms with Crippen molar-refractivity contribution in [3.05, 3.63) is 28.2 Å². The smallest absolute Gasteiger partial charge is 0.285 e. The lowest BCUT2D eigenvalue weighted by Crippen LogP contribution is -2.25. The zero-order chi connectivity index (χ0) is 12.3. The van der Waals surface area contributed by atoms with Crippen LogP contribution in [0.15, 0.2) is 27.6 Å². The molecule has 0 aliphatic carbocycles. The van der Waals surface area contributed by atoms with Crippen molar-refractivity contribution >= 4 is 27.7 Å². The first-order valence-electron chi connectivity index (χ1n) is 4.91. The summed E-state index contributed by atoms with van der Waals surface area (Å²) in [5.74, 6) is -2.95. The fourth-order valence-corrected chi connectivity index (χ4v) is 2.68. The van der Waals surface area contributed by atoms with Crippen molar-refractivity contribution < 1.29 is 8.78 Å². The van der Waals surface area contributed by atoms with Crippen molar-refractivity contribution in [2.75, 3.05) is 6.54 Å². The second-order valence-electron chi connectivity index (χ2n) is 3.72. The summed E-state index contributed by atoms with van der Waals surface area (Å²) in [4.78, 5) is 0.964. The molecule has 0 aromatic heterocycles. The van der Waals surface area contributed by atoms with Crippen LogP contribution in [0.2, 0.25) is 0 Å². The van der Waals surface area contributed by atoms with Gasteiger partial charge in [-0.2, -0.15) is 8.78 Å². The van der Waals surface area contributed by atoms with Crippen LogP contribution in [0.4, 0.5) is 8.78 Å². The van der Waals surface area contributed by atoms with Crippen LogP contribution in [0.1, 0.15) is 19.4 Å². The van der Waals surface area contributed by atoms with E-state index in [4.69, 9.17) is 5.73 Å². The molecule has 5 heteroatoms. The average molecular weight is 310 g/mol. The van der Waals surface area contributed by atoms with Gasteiger partial charge in [-0.25, -0.2) is 0 Å². The highest BCUT2D eigenvalue weighted by atomic mass is 79.9. The zero-order valence-corrected chi connectivity index (χ0v) is 11.5. The molecule has 16 heavy (non-hydrogen) atoms.